The molecule has 25 heavy (non-hydrogen) atoms. The Morgan fingerprint density at radius 2 is 1.92 bits per heavy atom. The highest BCUT2D eigenvalue weighted by Crippen LogP contribution is 2.13. The van der Waals surface area contributed by atoms with Crippen LogP contribution in [0.1, 0.15) is 18.2 Å². The molecule has 0 atom stereocenters. The largest absolute Gasteiger partial charge is 0.338 e. The number of nitrogens with zero attached hydrogens (tertiary/aromatic N) is 3. The van der Waals surface area contributed by atoms with Gasteiger partial charge >= 0.3 is 6.03 Å². The second kappa shape index (κ2) is 7.48. The van der Waals surface area contributed by atoms with Crippen molar-refractivity contribution in [1.29, 1.82) is 0 Å². The number of nitrogens with one attached hydrogen (secondary N) is 2. The van der Waals surface area contributed by atoms with Crippen molar-refractivity contribution in [2.75, 3.05) is 11.9 Å². The fraction of sp³-hybridized carbons (Fsp3) is 0.111. The third-order valence-corrected chi connectivity index (χ3v) is 3.32. The number of halogens is 1. The number of pyridine rings is 1. The molecule has 0 aliphatic carbocycles. The second-order valence-corrected chi connectivity index (χ2v) is 5.20. The van der Waals surface area contributed by atoms with Crippen LogP contribution in [0, 0.1) is 5.82 Å². The first-order valence-corrected chi connectivity index (χ1v) is 7.76. The number of hydrogen-bond donors (Lipinski definition) is 2. The number of carbonyl (C=O) groups is 1. The lowest BCUT2D eigenvalue weighted by atomic mass is 10.2. The van der Waals surface area contributed by atoms with Gasteiger partial charge in [0.15, 0.2) is 5.65 Å². The summed E-state index contributed by atoms with van der Waals surface area (Å²) in [7, 11) is 0. The molecule has 0 saturated carbocycles. The Morgan fingerprint density at radius 3 is 2.68 bits per heavy atom. The minimum absolute atomic E-state index is 0.279. The average molecular weight is 337 g/mol. The lowest BCUT2D eigenvalue weighted by Gasteiger charge is -2.05. The molecule has 0 fully saturated rings. The van der Waals surface area contributed by atoms with E-state index in [4.69, 9.17) is 0 Å². The van der Waals surface area contributed by atoms with Gasteiger partial charge in [0.25, 0.3) is 0 Å². The summed E-state index contributed by atoms with van der Waals surface area (Å²) in [5.41, 5.74) is 2.51. The monoisotopic (exact) mass is 337 g/mol. The van der Waals surface area contributed by atoms with Crippen LogP contribution in [-0.2, 0) is 0 Å². The standard InChI is InChI=1S/C18H16FN5O/c1-2-20-18(25)24-16-10-9-15-17(23-16)22-14(11-21-15)8-5-12-3-6-13(19)7-4-12/h3-11H,2H2,1H3,(H2,20,22,23,24,25). The van der Waals surface area contributed by atoms with Crippen LogP contribution in [0.5, 0.6) is 0 Å². The van der Waals surface area contributed by atoms with Crippen LogP contribution in [-0.4, -0.2) is 27.5 Å². The summed E-state index contributed by atoms with van der Waals surface area (Å²) in [6.45, 7) is 2.36. The normalized spacial score (nSPS) is 11.0. The van der Waals surface area contributed by atoms with Gasteiger partial charge in [0, 0.05) is 6.54 Å². The van der Waals surface area contributed by atoms with Crippen LogP contribution in [0.25, 0.3) is 23.3 Å². The molecule has 3 rings (SSSR count). The Kier molecular flexibility index (Phi) is 4.94. The van der Waals surface area contributed by atoms with Crippen molar-refractivity contribution < 1.29 is 9.18 Å². The van der Waals surface area contributed by atoms with Gasteiger partial charge in [0.05, 0.1) is 11.9 Å². The molecule has 2 amide bonds. The molecule has 2 N–H and O–H groups in total. The van der Waals surface area contributed by atoms with Crippen LogP contribution >= 0.6 is 0 Å². The highest BCUT2D eigenvalue weighted by atomic mass is 19.1. The molecule has 6 nitrogen and oxygen atoms in total. The van der Waals surface area contributed by atoms with Crippen LogP contribution in [0.15, 0.2) is 42.6 Å². The van der Waals surface area contributed by atoms with E-state index in [9.17, 15) is 9.18 Å². The van der Waals surface area contributed by atoms with Crippen molar-refractivity contribution in [3.63, 3.8) is 0 Å². The Morgan fingerprint density at radius 1 is 1.12 bits per heavy atom. The number of benzene rings is 1. The van der Waals surface area contributed by atoms with E-state index >= 15 is 0 Å². The number of rotatable bonds is 4. The fourth-order valence-corrected chi connectivity index (χ4v) is 2.14. The Labute approximate surface area is 143 Å². The molecule has 0 aliphatic heterocycles. The average Bonchev–Trinajstić information content (AvgIpc) is 2.61. The maximum Gasteiger partial charge on any atom is 0.320 e. The fourth-order valence-electron chi connectivity index (χ4n) is 2.14. The lowest BCUT2D eigenvalue weighted by molar-refractivity contribution is 0.252. The van der Waals surface area contributed by atoms with E-state index in [1.54, 1.807) is 36.5 Å². The van der Waals surface area contributed by atoms with E-state index in [1.807, 2.05) is 13.0 Å². The van der Waals surface area contributed by atoms with E-state index in [1.165, 1.54) is 12.1 Å². The highest BCUT2D eigenvalue weighted by Gasteiger charge is 2.05. The summed E-state index contributed by atoms with van der Waals surface area (Å²) in [5.74, 6) is 0.117. The van der Waals surface area contributed by atoms with Gasteiger partial charge in [-0.1, -0.05) is 18.2 Å². The zero-order valence-electron chi connectivity index (χ0n) is 13.5. The number of anilines is 1. The topological polar surface area (TPSA) is 79.8 Å². The summed E-state index contributed by atoms with van der Waals surface area (Å²) < 4.78 is 12.9. The van der Waals surface area contributed by atoms with Crippen molar-refractivity contribution in [3.8, 4) is 0 Å². The SMILES string of the molecule is CCNC(=O)Nc1ccc2ncc(C=Cc3ccc(F)cc3)nc2n1. The molecule has 2 heterocycles. The second-order valence-electron chi connectivity index (χ2n) is 5.20. The minimum Gasteiger partial charge on any atom is -0.338 e. The van der Waals surface area contributed by atoms with Gasteiger partial charge in [-0.2, -0.15) is 0 Å². The predicted molar refractivity (Wildman–Crippen MR) is 95.4 cm³/mol. The van der Waals surface area contributed by atoms with Gasteiger partial charge in [-0.25, -0.2) is 19.2 Å². The number of amides is 2. The molecule has 0 saturated heterocycles. The van der Waals surface area contributed by atoms with Gasteiger partial charge in [-0.05, 0) is 42.8 Å². The number of aromatic nitrogens is 3. The molecule has 0 bridgehead atoms. The van der Waals surface area contributed by atoms with E-state index in [2.05, 4.69) is 25.6 Å². The molecule has 0 radical (unpaired) electrons. The van der Waals surface area contributed by atoms with Gasteiger partial charge in [0.1, 0.15) is 17.2 Å². The minimum atomic E-state index is -0.324. The molecule has 2 aromatic heterocycles. The lowest BCUT2D eigenvalue weighted by Crippen LogP contribution is -2.28. The Balaban J connectivity index is 1.82. The molecule has 7 heteroatoms. The van der Waals surface area contributed by atoms with Crippen LogP contribution < -0.4 is 10.6 Å². The molecule has 3 aromatic rings. The van der Waals surface area contributed by atoms with Crippen LogP contribution in [0.4, 0.5) is 15.0 Å². The molecule has 0 spiro atoms. The van der Waals surface area contributed by atoms with Crippen molar-refractivity contribution >= 4 is 35.2 Å². The summed E-state index contributed by atoms with van der Waals surface area (Å²) in [6, 6.07) is 9.22. The highest BCUT2D eigenvalue weighted by molar-refractivity contribution is 5.89. The first kappa shape index (κ1) is 16.5. The third kappa shape index (κ3) is 4.35. The first-order valence-electron chi connectivity index (χ1n) is 7.76. The number of fused-ring (bicyclic) bond motifs is 1. The maximum atomic E-state index is 12.9. The summed E-state index contributed by atoms with van der Waals surface area (Å²) in [5, 5.41) is 5.27. The number of urea groups is 1. The van der Waals surface area contributed by atoms with E-state index in [0.29, 0.717) is 29.2 Å². The third-order valence-electron chi connectivity index (χ3n) is 3.32. The number of carbonyl (C=O) groups excluding carboxylic acids is 1. The first-order chi connectivity index (χ1) is 12.1. The van der Waals surface area contributed by atoms with E-state index in [0.717, 1.165) is 5.56 Å². The quantitative estimate of drug-likeness (QED) is 0.764. The van der Waals surface area contributed by atoms with Crippen molar-refractivity contribution in [2.45, 2.75) is 6.92 Å². The Hall–Kier alpha value is -3.35. The van der Waals surface area contributed by atoms with Gasteiger partial charge < -0.3 is 5.32 Å². The van der Waals surface area contributed by atoms with Crippen molar-refractivity contribution in [2.24, 2.45) is 0 Å². The molecular weight excluding hydrogens is 321 g/mol. The maximum absolute atomic E-state index is 12.9. The molecule has 126 valence electrons. The molecule has 0 unspecified atom stereocenters. The zero-order chi connectivity index (χ0) is 17.6. The molecule has 1 aromatic carbocycles. The van der Waals surface area contributed by atoms with Crippen molar-refractivity contribution in [3.05, 3.63) is 59.7 Å². The van der Waals surface area contributed by atoms with Crippen LogP contribution in [0.2, 0.25) is 0 Å². The predicted octanol–water partition coefficient (Wildman–Crippen LogP) is 3.48. The zero-order valence-corrected chi connectivity index (χ0v) is 13.5. The summed E-state index contributed by atoms with van der Waals surface area (Å²) in [6.07, 6.45) is 5.21. The summed E-state index contributed by atoms with van der Waals surface area (Å²) >= 11 is 0. The van der Waals surface area contributed by atoms with Crippen molar-refractivity contribution in [1.82, 2.24) is 20.3 Å². The molecule has 0 aliphatic rings. The van der Waals surface area contributed by atoms with E-state index in [-0.39, 0.29) is 11.8 Å². The molecular formula is C18H16FN5O. The number of hydrogen-bond acceptors (Lipinski definition) is 4. The Bertz CT molecular complexity index is 924. The van der Waals surface area contributed by atoms with Gasteiger partial charge in [-0.3, -0.25) is 10.3 Å². The van der Waals surface area contributed by atoms with Gasteiger partial charge in [0.2, 0.25) is 0 Å². The van der Waals surface area contributed by atoms with Gasteiger partial charge in [-0.15, -0.1) is 0 Å². The van der Waals surface area contributed by atoms with E-state index < -0.39 is 0 Å². The smallest absolute Gasteiger partial charge is 0.320 e. The summed E-state index contributed by atoms with van der Waals surface area (Å²) in [4.78, 5) is 24.6. The van der Waals surface area contributed by atoms with Crippen LogP contribution in [0.3, 0.4) is 0 Å².